The maximum atomic E-state index is 11.1. The van der Waals surface area contributed by atoms with E-state index in [1.54, 1.807) is 12.1 Å². The summed E-state index contributed by atoms with van der Waals surface area (Å²) in [6, 6.07) is 8.65. The second-order valence-electron chi connectivity index (χ2n) is 4.71. The van der Waals surface area contributed by atoms with Gasteiger partial charge in [0.05, 0.1) is 11.6 Å². The van der Waals surface area contributed by atoms with Crippen molar-refractivity contribution in [1.82, 2.24) is 5.32 Å². The Balaban J connectivity index is 2.56. The summed E-state index contributed by atoms with van der Waals surface area (Å²) >= 11 is 0. The standard InChI is InChI=1S/C14H18N2O2/c1-10(2)7-13(14(17)18)16-9-12-5-3-11(8-15)4-6-12/h3-6,10,13,16H,7,9H2,1-2H3,(H,17,18)/t13-/m0/s1. The highest BCUT2D eigenvalue weighted by Crippen LogP contribution is 2.07. The number of nitrogens with zero attached hydrogens (tertiary/aromatic N) is 1. The lowest BCUT2D eigenvalue weighted by atomic mass is 10.0. The molecule has 4 heteroatoms. The number of hydrogen-bond donors (Lipinski definition) is 2. The number of rotatable bonds is 6. The number of carboxylic acids is 1. The molecule has 0 radical (unpaired) electrons. The molecule has 2 N–H and O–H groups in total. The van der Waals surface area contributed by atoms with Gasteiger partial charge in [0, 0.05) is 6.54 Å². The Kier molecular flexibility index (Phi) is 5.34. The molecule has 1 aromatic carbocycles. The number of carbonyl (C=O) groups is 1. The smallest absolute Gasteiger partial charge is 0.320 e. The van der Waals surface area contributed by atoms with Crippen LogP contribution in [0, 0.1) is 17.2 Å². The van der Waals surface area contributed by atoms with Crippen LogP contribution in [0.2, 0.25) is 0 Å². The molecule has 18 heavy (non-hydrogen) atoms. The van der Waals surface area contributed by atoms with E-state index in [2.05, 4.69) is 5.32 Å². The Morgan fingerprint density at radius 2 is 2.00 bits per heavy atom. The maximum absolute atomic E-state index is 11.1. The van der Waals surface area contributed by atoms with Crippen LogP contribution in [0.25, 0.3) is 0 Å². The molecular formula is C14H18N2O2. The highest BCUT2D eigenvalue weighted by atomic mass is 16.4. The monoisotopic (exact) mass is 246 g/mol. The van der Waals surface area contributed by atoms with Gasteiger partial charge >= 0.3 is 5.97 Å². The SMILES string of the molecule is CC(C)C[C@H](NCc1ccc(C#N)cc1)C(=O)O. The topological polar surface area (TPSA) is 73.1 Å². The van der Waals surface area contributed by atoms with Crippen LogP contribution >= 0.6 is 0 Å². The van der Waals surface area contributed by atoms with E-state index in [1.807, 2.05) is 32.0 Å². The van der Waals surface area contributed by atoms with Gasteiger partial charge in [-0.1, -0.05) is 26.0 Å². The number of aliphatic carboxylic acids is 1. The average Bonchev–Trinajstić information content (AvgIpc) is 2.34. The minimum Gasteiger partial charge on any atom is -0.480 e. The summed E-state index contributed by atoms with van der Waals surface area (Å²) in [5.41, 5.74) is 1.58. The lowest BCUT2D eigenvalue weighted by Crippen LogP contribution is -2.37. The first kappa shape index (κ1) is 14.2. The fourth-order valence-corrected chi connectivity index (χ4v) is 1.68. The van der Waals surface area contributed by atoms with Crippen molar-refractivity contribution in [2.45, 2.75) is 32.9 Å². The van der Waals surface area contributed by atoms with E-state index in [1.165, 1.54) is 0 Å². The molecule has 1 atom stereocenters. The van der Waals surface area contributed by atoms with Gasteiger partial charge in [-0.25, -0.2) is 0 Å². The number of benzene rings is 1. The normalized spacial score (nSPS) is 12.1. The molecule has 0 aliphatic heterocycles. The van der Waals surface area contributed by atoms with E-state index < -0.39 is 12.0 Å². The van der Waals surface area contributed by atoms with E-state index in [-0.39, 0.29) is 0 Å². The molecule has 0 aliphatic rings. The van der Waals surface area contributed by atoms with Crippen LogP contribution in [0.15, 0.2) is 24.3 Å². The third kappa shape index (κ3) is 4.56. The molecule has 0 saturated heterocycles. The van der Waals surface area contributed by atoms with E-state index in [4.69, 9.17) is 10.4 Å². The first-order valence-corrected chi connectivity index (χ1v) is 5.98. The molecule has 0 bridgehead atoms. The molecule has 4 nitrogen and oxygen atoms in total. The minimum absolute atomic E-state index is 0.333. The second kappa shape index (κ2) is 6.77. The van der Waals surface area contributed by atoms with Crippen molar-refractivity contribution in [2.75, 3.05) is 0 Å². The van der Waals surface area contributed by atoms with Gasteiger partial charge in [-0.05, 0) is 30.0 Å². The van der Waals surface area contributed by atoms with Gasteiger partial charge in [0.2, 0.25) is 0 Å². The van der Waals surface area contributed by atoms with Crippen molar-refractivity contribution in [1.29, 1.82) is 5.26 Å². The largest absolute Gasteiger partial charge is 0.480 e. The molecule has 1 rings (SSSR count). The lowest BCUT2D eigenvalue weighted by molar-refractivity contribution is -0.140. The zero-order valence-electron chi connectivity index (χ0n) is 10.7. The summed E-state index contributed by atoms with van der Waals surface area (Å²) in [6.45, 7) is 4.49. The highest BCUT2D eigenvalue weighted by molar-refractivity contribution is 5.73. The molecule has 0 saturated carbocycles. The zero-order chi connectivity index (χ0) is 13.5. The van der Waals surface area contributed by atoms with Gasteiger partial charge in [-0.2, -0.15) is 5.26 Å². The van der Waals surface area contributed by atoms with Crippen LogP contribution in [0.4, 0.5) is 0 Å². The van der Waals surface area contributed by atoms with Crippen molar-refractivity contribution in [3.63, 3.8) is 0 Å². The fraction of sp³-hybridized carbons (Fsp3) is 0.429. The van der Waals surface area contributed by atoms with Crippen molar-refractivity contribution < 1.29 is 9.90 Å². The summed E-state index contributed by atoms with van der Waals surface area (Å²) in [7, 11) is 0. The Hall–Kier alpha value is -1.86. The van der Waals surface area contributed by atoms with Gasteiger partial charge in [0.1, 0.15) is 6.04 Å². The molecule has 1 aromatic rings. The highest BCUT2D eigenvalue weighted by Gasteiger charge is 2.17. The van der Waals surface area contributed by atoms with Gasteiger partial charge in [0.25, 0.3) is 0 Å². The van der Waals surface area contributed by atoms with Crippen molar-refractivity contribution in [3.8, 4) is 6.07 Å². The summed E-state index contributed by atoms with van der Waals surface area (Å²) in [5.74, 6) is -0.489. The fourth-order valence-electron chi connectivity index (χ4n) is 1.68. The van der Waals surface area contributed by atoms with Crippen molar-refractivity contribution >= 4 is 5.97 Å². The quantitative estimate of drug-likeness (QED) is 0.806. The third-order valence-electron chi connectivity index (χ3n) is 2.64. The van der Waals surface area contributed by atoms with Gasteiger partial charge in [-0.3, -0.25) is 4.79 Å². The summed E-state index contributed by atoms with van der Waals surface area (Å²) < 4.78 is 0. The zero-order valence-corrected chi connectivity index (χ0v) is 10.7. The van der Waals surface area contributed by atoms with Crippen LogP contribution in [0.5, 0.6) is 0 Å². The van der Waals surface area contributed by atoms with E-state index in [0.717, 1.165) is 5.56 Å². The first-order valence-electron chi connectivity index (χ1n) is 5.98. The third-order valence-corrected chi connectivity index (χ3v) is 2.64. The Bertz CT molecular complexity index is 432. The molecule has 0 amide bonds. The van der Waals surface area contributed by atoms with Crippen LogP contribution in [-0.4, -0.2) is 17.1 Å². The van der Waals surface area contributed by atoms with Crippen LogP contribution in [0.1, 0.15) is 31.4 Å². The predicted molar refractivity (Wildman–Crippen MR) is 68.9 cm³/mol. The number of nitrogens with one attached hydrogen (secondary N) is 1. The summed E-state index contributed by atoms with van der Waals surface area (Å²) in [5, 5.41) is 20.8. The number of carboxylic acid groups (broad SMARTS) is 1. The Morgan fingerprint density at radius 1 is 1.39 bits per heavy atom. The van der Waals surface area contributed by atoms with E-state index >= 15 is 0 Å². The van der Waals surface area contributed by atoms with Gasteiger partial charge < -0.3 is 10.4 Å². The van der Waals surface area contributed by atoms with Gasteiger partial charge in [-0.15, -0.1) is 0 Å². The van der Waals surface area contributed by atoms with Crippen LogP contribution < -0.4 is 5.32 Å². The number of nitriles is 1. The van der Waals surface area contributed by atoms with Crippen LogP contribution in [-0.2, 0) is 11.3 Å². The lowest BCUT2D eigenvalue weighted by Gasteiger charge is -2.16. The summed E-state index contributed by atoms with van der Waals surface area (Å²) in [4.78, 5) is 11.1. The first-order chi connectivity index (χ1) is 8.52. The maximum Gasteiger partial charge on any atom is 0.320 e. The molecule has 0 fully saturated rings. The molecule has 0 spiro atoms. The second-order valence-corrected chi connectivity index (χ2v) is 4.71. The number of hydrogen-bond acceptors (Lipinski definition) is 3. The van der Waals surface area contributed by atoms with E-state index in [0.29, 0.717) is 24.4 Å². The molecule has 0 aromatic heterocycles. The van der Waals surface area contributed by atoms with Crippen LogP contribution in [0.3, 0.4) is 0 Å². The Labute approximate surface area is 107 Å². The molecule has 96 valence electrons. The molecular weight excluding hydrogens is 228 g/mol. The molecule has 0 aliphatic carbocycles. The van der Waals surface area contributed by atoms with Gasteiger partial charge in [0.15, 0.2) is 0 Å². The molecule has 0 heterocycles. The molecule has 0 unspecified atom stereocenters. The minimum atomic E-state index is -0.822. The van der Waals surface area contributed by atoms with Crippen molar-refractivity contribution in [3.05, 3.63) is 35.4 Å². The summed E-state index contributed by atoms with van der Waals surface area (Å²) in [6.07, 6.45) is 0.603. The average molecular weight is 246 g/mol. The predicted octanol–water partition coefficient (Wildman–Crippen LogP) is 2.15. The van der Waals surface area contributed by atoms with Crippen molar-refractivity contribution in [2.24, 2.45) is 5.92 Å². The Morgan fingerprint density at radius 3 is 2.44 bits per heavy atom. The van der Waals surface area contributed by atoms with E-state index in [9.17, 15) is 4.79 Å².